The van der Waals surface area contributed by atoms with Crippen LogP contribution in [0.5, 0.6) is 5.75 Å². The van der Waals surface area contributed by atoms with Gasteiger partial charge in [-0.05, 0) is 74.2 Å². The van der Waals surface area contributed by atoms with Crippen molar-refractivity contribution in [1.29, 1.82) is 0 Å². The zero-order valence-electron chi connectivity index (χ0n) is 18.3. The van der Waals surface area contributed by atoms with Crippen molar-refractivity contribution in [3.8, 4) is 5.75 Å². The zero-order chi connectivity index (χ0) is 21.8. The number of hydrogen-bond donors (Lipinski definition) is 0. The first-order valence-corrected chi connectivity index (χ1v) is 11.6. The second-order valence-electron chi connectivity index (χ2n) is 9.45. The maximum Gasteiger partial charge on any atom is 0.274 e. The topological polar surface area (TPSA) is 60.3 Å². The molecule has 3 aliphatic heterocycles. The summed E-state index contributed by atoms with van der Waals surface area (Å²) in [6.45, 7) is 3.79. The average Bonchev–Trinajstić information content (AvgIpc) is 3.14. The van der Waals surface area contributed by atoms with E-state index in [9.17, 15) is 4.79 Å². The van der Waals surface area contributed by atoms with Crippen molar-refractivity contribution in [1.82, 2.24) is 19.7 Å². The molecule has 0 amide bonds. The molecule has 4 aliphatic rings. The maximum atomic E-state index is 15.3. The van der Waals surface area contributed by atoms with E-state index < -0.39 is 5.82 Å². The summed E-state index contributed by atoms with van der Waals surface area (Å²) < 4.78 is 22.2. The molecular weight excluding hydrogens is 407 g/mol. The van der Waals surface area contributed by atoms with Crippen LogP contribution in [-0.2, 0) is 13.0 Å². The minimum atomic E-state index is -0.481. The van der Waals surface area contributed by atoms with Crippen molar-refractivity contribution >= 4 is 10.9 Å². The molecule has 7 rings (SSSR count). The van der Waals surface area contributed by atoms with Gasteiger partial charge in [-0.15, -0.1) is 0 Å². The monoisotopic (exact) mass is 434 g/mol. The van der Waals surface area contributed by atoms with Gasteiger partial charge < -0.3 is 9.64 Å². The Balaban J connectivity index is 1.48. The molecule has 1 aromatic carbocycles. The number of piperidine rings is 3. The molecule has 2 aromatic heterocycles. The van der Waals surface area contributed by atoms with Crippen molar-refractivity contribution < 1.29 is 9.13 Å². The van der Waals surface area contributed by atoms with E-state index in [1.165, 1.54) is 12.8 Å². The van der Waals surface area contributed by atoms with Crippen LogP contribution in [0.25, 0.3) is 10.9 Å². The summed E-state index contributed by atoms with van der Waals surface area (Å²) in [5, 5.41) is 5.50. The van der Waals surface area contributed by atoms with Crippen LogP contribution < -0.4 is 10.3 Å². The van der Waals surface area contributed by atoms with Crippen LogP contribution >= 0.6 is 0 Å². The predicted octanol–water partition coefficient (Wildman–Crippen LogP) is 3.36. The minimum absolute atomic E-state index is 0.128. The van der Waals surface area contributed by atoms with Crippen LogP contribution in [0.1, 0.15) is 42.0 Å². The highest BCUT2D eigenvalue weighted by Crippen LogP contribution is 2.46. The summed E-state index contributed by atoms with van der Waals surface area (Å²) >= 11 is 0. The van der Waals surface area contributed by atoms with Crippen molar-refractivity contribution in [2.45, 2.75) is 38.1 Å². The molecule has 0 spiro atoms. The van der Waals surface area contributed by atoms with Gasteiger partial charge in [-0.1, -0.05) is 12.1 Å². The van der Waals surface area contributed by atoms with Crippen LogP contribution in [0.15, 0.2) is 35.3 Å². The lowest BCUT2D eigenvalue weighted by Gasteiger charge is -2.48. The number of aryl methyl sites for hydroxylation is 1. The first-order chi connectivity index (χ1) is 15.6. The predicted molar refractivity (Wildman–Crippen MR) is 120 cm³/mol. The number of rotatable bonds is 4. The van der Waals surface area contributed by atoms with Gasteiger partial charge in [0.05, 0.1) is 25.5 Å². The molecule has 3 aromatic rings. The molecule has 3 fully saturated rings. The van der Waals surface area contributed by atoms with Crippen molar-refractivity contribution in [3.05, 3.63) is 63.5 Å². The lowest BCUT2D eigenvalue weighted by atomic mass is 9.67. The molecule has 0 saturated carbocycles. The van der Waals surface area contributed by atoms with E-state index in [4.69, 9.17) is 9.84 Å². The van der Waals surface area contributed by atoms with Crippen molar-refractivity contribution in [2.75, 3.05) is 26.7 Å². The maximum absolute atomic E-state index is 15.3. The third-order valence-corrected chi connectivity index (χ3v) is 7.82. The number of fused-ring (bicyclic) bond motifs is 3. The molecule has 32 heavy (non-hydrogen) atoms. The van der Waals surface area contributed by atoms with Gasteiger partial charge in [0.25, 0.3) is 5.56 Å². The number of aromatic nitrogens is 3. The molecule has 0 radical (unpaired) electrons. The number of methoxy groups -OCH3 is 1. The van der Waals surface area contributed by atoms with Crippen LogP contribution in [0.2, 0.25) is 0 Å². The van der Waals surface area contributed by atoms with Crippen molar-refractivity contribution in [2.24, 2.45) is 11.8 Å². The van der Waals surface area contributed by atoms with E-state index in [0.717, 1.165) is 55.7 Å². The molecule has 6 nitrogen and oxygen atoms in total. The molecule has 7 heteroatoms. The van der Waals surface area contributed by atoms with E-state index in [-0.39, 0.29) is 11.5 Å². The van der Waals surface area contributed by atoms with Gasteiger partial charge in [-0.25, -0.2) is 9.37 Å². The molecule has 5 heterocycles. The second kappa shape index (κ2) is 7.66. The first-order valence-electron chi connectivity index (χ1n) is 11.6. The summed E-state index contributed by atoms with van der Waals surface area (Å²) in [5.74, 6) is 1.51. The molecule has 0 N–H and O–H groups in total. The van der Waals surface area contributed by atoms with Gasteiger partial charge in [-0.3, -0.25) is 9.48 Å². The summed E-state index contributed by atoms with van der Waals surface area (Å²) in [7, 11) is 1.63. The number of ether oxygens (including phenoxy) is 1. The number of benzene rings is 1. The third-order valence-electron chi connectivity index (χ3n) is 7.82. The summed E-state index contributed by atoms with van der Waals surface area (Å²) in [6, 6.07) is 7.70. The fraction of sp³-hybridized carbons (Fsp3) is 0.480. The lowest BCUT2D eigenvalue weighted by molar-refractivity contribution is 0.0345. The fourth-order valence-corrected chi connectivity index (χ4v) is 6.26. The number of nitrogens with zero attached hydrogens (tertiary/aromatic N) is 4. The van der Waals surface area contributed by atoms with Crippen molar-refractivity contribution in [3.63, 3.8) is 0 Å². The van der Waals surface area contributed by atoms with Crippen LogP contribution in [0.3, 0.4) is 0 Å². The van der Waals surface area contributed by atoms with Crippen LogP contribution in [-0.4, -0.2) is 46.4 Å². The highest BCUT2D eigenvalue weighted by molar-refractivity contribution is 5.86. The summed E-state index contributed by atoms with van der Waals surface area (Å²) in [6.07, 6.45) is 5.14. The van der Waals surface area contributed by atoms with E-state index >= 15 is 4.39 Å². The molecule has 166 valence electrons. The van der Waals surface area contributed by atoms with E-state index in [0.29, 0.717) is 34.8 Å². The number of hydrogen-bond acceptors (Lipinski definition) is 5. The Hall–Kier alpha value is -2.80. The largest absolute Gasteiger partial charge is 0.497 e. The second-order valence-corrected chi connectivity index (χ2v) is 9.45. The molecule has 3 saturated heterocycles. The Morgan fingerprint density at radius 1 is 1.16 bits per heavy atom. The quantitative estimate of drug-likeness (QED) is 0.630. The number of halogens is 1. The van der Waals surface area contributed by atoms with Gasteiger partial charge in [0, 0.05) is 17.5 Å². The highest BCUT2D eigenvalue weighted by Gasteiger charge is 2.42. The van der Waals surface area contributed by atoms with E-state index in [2.05, 4.69) is 9.88 Å². The van der Waals surface area contributed by atoms with Crippen LogP contribution in [0, 0.1) is 17.7 Å². The van der Waals surface area contributed by atoms with Gasteiger partial charge >= 0.3 is 0 Å². The van der Waals surface area contributed by atoms with Gasteiger partial charge in [-0.2, -0.15) is 5.10 Å². The SMILES string of the molecule is COc1ccc(Cn2nc3c4c(c(=O)ncc(F)c42)[C@H](C2CN4CCC2CC4)CC3)cc1. The van der Waals surface area contributed by atoms with Gasteiger partial charge in [0.1, 0.15) is 11.3 Å². The van der Waals surface area contributed by atoms with Gasteiger partial charge in [0.15, 0.2) is 5.82 Å². The van der Waals surface area contributed by atoms with Crippen LogP contribution in [0.4, 0.5) is 4.39 Å². The average molecular weight is 435 g/mol. The molecule has 1 aliphatic carbocycles. The minimum Gasteiger partial charge on any atom is -0.497 e. The van der Waals surface area contributed by atoms with E-state index in [1.807, 2.05) is 24.3 Å². The summed E-state index contributed by atoms with van der Waals surface area (Å²) in [4.78, 5) is 19.7. The zero-order valence-corrected chi connectivity index (χ0v) is 18.3. The Bertz CT molecular complexity index is 1230. The molecular formula is C25H27FN4O2. The third kappa shape index (κ3) is 3.13. The molecule has 1 unspecified atom stereocenters. The lowest BCUT2D eigenvalue weighted by Crippen LogP contribution is -2.50. The standard InChI is InChI=1S/C25H27FN4O2/c1-32-17-4-2-15(3-5-17)13-30-24-20(26)12-27-25(31)22-18(6-7-21(28-30)23(22)24)19-14-29-10-8-16(19)9-11-29/h2-5,12,16,18-19H,6-11,13-14H2,1H3/t18-,19?/m0/s1. The fourth-order valence-electron chi connectivity index (χ4n) is 6.26. The van der Waals surface area contributed by atoms with E-state index in [1.54, 1.807) is 11.8 Å². The Morgan fingerprint density at radius 3 is 2.62 bits per heavy atom. The highest BCUT2D eigenvalue weighted by atomic mass is 19.1. The molecule has 2 atom stereocenters. The Kier molecular flexibility index (Phi) is 4.75. The Morgan fingerprint density at radius 2 is 1.94 bits per heavy atom. The summed E-state index contributed by atoms with van der Waals surface area (Å²) in [5.41, 5.74) is 2.65. The Labute approximate surface area is 186 Å². The first kappa shape index (κ1) is 19.9. The molecule has 2 bridgehead atoms. The van der Waals surface area contributed by atoms with Gasteiger partial charge in [0.2, 0.25) is 0 Å². The smallest absolute Gasteiger partial charge is 0.274 e. The normalized spacial score (nSPS) is 26.4.